The van der Waals surface area contributed by atoms with Crippen molar-refractivity contribution in [3.63, 3.8) is 0 Å². The number of nitrogens with zero attached hydrogens (tertiary/aromatic N) is 6. The Balaban J connectivity index is 1.67. The van der Waals surface area contributed by atoms with Gasteiger partial charge in [0.15, 0.2) is 0 Å². The van der Waals surface area contributed by atoms with Gasteiger partial charge >= 0.3 is 0 Å². The number of hydrogen-bond donors (Lipinski definition) is 0. The van der Waals surface area contributed by atoms with Gasteiger partial charge in [-0.15, -0.1) is 0 Å². The lowest BCUT2D eigenvalue weighted by molar-refractivity contribution is 0.721. The third-order valence-corrected chi connectivity index (χ3v) is 5.27. The fourth-order valence-corrected chi connectivity index (χ4v) is 3.89. The van der Waals surface area contributed by atoms with E-state index in [2.05, 4.69) is 46.9 Å². The van der Waals surface area contributed by atoms with Crippen LogP contribution in [0, 0.1) is 6.92 Å². The van der Waals surface area contributed by atoms with Crippen LogP contribution in [0.2, 0.25) is 0 Å². The number of fused-ring (bicyclic) bond motifs is 1. The summed E-state index contributed by atoms with van der Waals surface area (Å²) in [4.78, 5) is 4.76. The molecule has 0 saturated heterocycles. The largest absolute Gasteiger partial charge is 0.324 e. The van der Waals surface area contributed by atoms with Gasteiger partial charge in [0.2, 0.25) is 0 Å². The molecule has 0 atom stereocenters. The Kier molecular flexibility index (Phi) is 4.05. The third kappa shape index (κ3) is 3.02. The lowest BCUT2D eigenvalue weighted by Gasteiger charge is -2.08. The zero-order chi connectivity index (χ0) is 20.0. The summed E-state index contributed by atoms with van der Waals surface area (Å²) in [6.07, 6.45) is 5.82. The molecule has 0 bridgehead atoms. The first-order valence-electron chi connectivity index (χ1n) is 9.62. The van der Waals surface area contributed by atoms with Crippen molar-refractivity contribution < 1.29 is 0 Å². The van der Waals surface area contributed by atoms with Crippen LogP contribution in [-0.2, 0) is 20.6 Å². The van der Waals surface area contributed by atoms with Gasteiger partial charge in [-0.3, -0.25) is 9.36 Å². The van der Waals surface area contributed by atoms with Gasteiger partial charge in [0.1, 0.15) is 0 Å². The van der Waals surface area contributed by atoms with E-state index in [1.54, 1.807) is 0 Å². The van der Waals surface area contributed by atoms with Crippen molar-refractivity contribution in [2.45, 2.75) is 13.5 Å². The van der Waals surface area contributed by atoms with E-state index in [1.807, 2.05) is 60.4 Å². The lowest BCUT2D eigenvalue weighted by atomic mass is 10.1. The standard InChI is InChI=1S/C23H22N6/c1-16-9-10-21-19(11-16)20(26-28(21)3)14-29-15-24-22(17-7-5-4-6-8-17)23(29)18-12-25-27(2)13-18/h4-13,15H,14H2,1-3H3. The van der Waals surface area contributed by atoms with Crippen molar-refractivity contribution in [3.05, 3.63) is 78.5 Å². The molecule has 0 aliphatic rings. The fraction of sp³-hybridized carbons (Fsp3) is 0.174. The van der Waals surface area contributed by atoms with Gasteiger partial charge < -0.3 is 4.57 Å². The molecule has 5 aromatic rings. The fourth-order valence-electron chi connectivity index (χ4n) is 3.89. The van der Waals surface area contributed by atoms with E-state index in [1.165, 1.54) is 10.9 Å². The van der Waals surface area contributed by atoms with E-state index in [4.69, 9.17) is 10.1 Å². The van der Waals surface area contributed by atoms with E-state index in [0.717, 1.165) is 33.7 Å². The second-order valence-corrected chi connectivity index (χ2v) is 7.43. The Morgan fingerprint density at radius 3 is 2.55 bits per heavy atom. The molecule has 3 aromatic heterocycles. The minimum Gasteiger partial charge on any atom is -0.324 e. The van der Waals surface area contributed by atoms with Crippen molar-refractivity contribution >= 4 is 10.9 Å². The molecular weight excluding hydrogens is 360 g/mol. The molecule has 144 valence electrons. The molecule has 2 aromatic carbocycles. The Morgan fingerprint density at radius 2 is 1.79 bits per heavy atom. The maximum absolute atomic E-state index is 4.80. The molecule has 6 heteroatoms. The second-order valence-electron chi connectivity index (χ2n) is 7.43. The number of benzene rings is 2. The highest BCUT2D eigenvalue weighted by Gasteiger charge is 2.18. The topological polar surface area (TPSA) is 53.5 Å². The number of aromatic nitrogens is 6. The molecule has 0 amide bonds. The molecule has 5 rings (SSSR count). The third-order valence-electron chi connectivity index (χ3n) is 5.27. The van der Waals surface area contributed by atoms with E-state index >= 15 is 0 Å². The highest BCUT2D eigenvalue weighted by atomic mass is 15.3. The van der Waals surface area contributed by atoms with Crippen molar-refractivity contribution in [2.75, 3.05) is 0 Å². The SMILES string of the molecule is Cc1ccc2c(c1)c(Cn1cnc(-c3ccccc3)c1-c1cnn(C)c1)nn2C. The number of aryl methyl sites for hydroxylation is 3. The van der Waals surface area contributed by atoms with Gasteiger partial charge in [0.05, 0.1) is 41.7 Å². The van der Waals surface area contributed by atoms with Crippen LogP contribution in [-0.4, -0.2) is 29.1 Å². The summed E-state index contributed by atoms with van der Waals surface area (Å²) in [5.41, 5.74) is 7.54. The van der Waals surface area contributed by atoms with Crippen molar-refractivity contribution in [2.24, 2.45) is 14.1 Å². The molecule has 0 fully saturated rings. The van der Waals surface area contributed by atoms with Gasteiger partial charge in [-0.2, -0.15) is 10.2 Å². The minimum atomic E-state index is 0.644. The predicted octanol–water partition coefficient (Wildman–Crippen LogP) is 4.19. The first kappa shape index (κ1) is 17.4. The van der Waals surface area contributed by atoms with Crippen molar-refractivity contribution in [1.82, 2.24) is 29.1 Å². The number of imidazole rings is 1. The molecular formula is C23H22N6. The van der Waals surface area contributed by atoms with Crippen molar-refractivity contribution in [1.29, 1.82) is 0 Å². The van der Waals surface area contributed by atoms with Crippen LogP contribution in [0.1, 0.15) is 11.3 Å². The second kappa shape index (κ2) is 6.74. The molecule has 3 heterocycles. The first-order chi connectivity index (χ1) is 14.1. The van der Waals surface area contributed by atoms with E-state index < -0.39 is 0 Å². The van der Waals surface area contributed by atoms with Crippen LogP contribution in [0.4, 0.5) is 0 Å². The first-order valence-corrected chi connectivity index (χ1v) is 9.62. The molecule has 0 aliphatic heterocycles. The summed E-state index contributed by atoms with van der Waals surface area (Å²) in [5.74, 6) is 0. The molecule has 0 saturated carbocycles. The average Bonchev–Trinajstić information content (AvgIpc) is 3.41. The molecule has 0 N–H and O–H groups in total. The summed E-state index contributed by atoms with van der Waals surface area (Å²) >= 11 is 0. The van der Waals surface area contributed by atoms with Crippen LogP contribution >= 0.6 is 0 Å². The molecule has 0 unspecified atom stereocenters. The van der Waals surface area contributed by atoms with Gasteiger partial charge in [-0.1, -0.05) is 42.0 Å². The summed E-state index contributed by atoms with van der Waals surface area (Å²) in [6, 6.07) is 16.7. The Labute approximate surface area is 169 Å². The Bertz CT molecular complexity index is 1310. The highest BCUT2D eigenvalue weighted by molar-refractivity contribution is 5.83. The Hall–Kier alpha value is -3.67. The van der Waals surface area contributed by atoms with Crippen LogP contribution in [0.25, 0.3) is 33.4 Å². The summed E-state index contributed by atoms with van der Waals surface area (Å²) in [6.45, 7) is 2.76. The maximum Gasteiger partial charge on any atom is 0.0964 e. The van der Waals surface area contributed by atoms with Gasteiger partial charge in [-0.05, 0) is 19.1 Å². The quantitative estimate of drug-likeness (QED) is 0.468. The molecule has 29 heavy (non-hydrogen) atoms. The van der Waals surface area contributed by atoms with Crippen LogP contribution in [0.15, 0.2) is 67.3 Å². The maximum atomic E-state index is 4.80. The molecule has 0 radical (unpaired) electrons. The van der Waals surface area contributed by atoms with Gasteiger partial charge in [-0.25, -0.2) is 4.98 Å². The summed E-state index contributed by atoms with van der Waals surface area (Å²) in [7, 11) is 3.92. The van der Waals surface area contributed by atoms with E-state index in [-0.39, 0.29) is 0 Å². The minimum absolute atomic E-state index is 0.644. The molecule has 6 nitrogen and oxygen atoms in total. The predicted molar refractivity (Wildman–Crippen MR) is 114 cm³/mol. The van der Waals surface area contributed by atoms with Crippen LogP contribution in [0.5, 0.6) is 0 Å². The molecule has 0 aliphatic carbocycles. The normalized spacial score (nSPS) is 11.4. The van der Waals surface area contributed by atoms with Gasteiger partial charge in [0.25, 0.3) is 0 Å². The van der Waals surface area contributed by atoms with Crippen LogP contribution < -0.4 is 0 Å². The molecule has 0 spiro atoms. The van der Waals surface area contributed by atoms with E-state index in [9.17, 15) is 0 Å². The van der Waals surface area contributed by atoms with E-state index in [0.29, 0.717) is 6.54 Å². The zero-order valence-electron chi connectivity index (χ0n) is 16.7. The van der Waals surface area contributed by atoms with Crippen LogP contribution in [0.3, 0.4) is 0 Å². The monoisotopic (exact) mass is 382 g/mol. The smallest absolute Gasteiger partial charge is 0.0964 e. The number of rotatable bonds is 4. The van der Waals surface area contributed by atoms with Gasteiger partial charge in [0, 0.05) is 36.8 Å². The highest BCUT2D eigenvalue weighted by Crippen LogP contribution is 2.32. The lowest BCUT2D eigenvalue weighted by Crippen LogP contribution is -2.02. The summed E-state index contributed by atoms with van der Waals surface area (Å²) in [5, 5.41) is 10.4. The average molecular weight is 382 g/mol. The number of hydrogen-bond acceptors (Lipinski definition) is 3. The zero-order valence-corrected chi connectivity index (χ0v) is 16.7. The van der Waals surface area contributed by atoms with Crippen molar-refractivity contribution in [3.8, 4) is 22.5 Å². The Morgan fingerprint density at radius 1 is 0.966 bits per heavy atom. The summed E-state index contributed by atoms with van der Waals surface area (Å²) < 4.78 is 5.94.